The van der Waals surface area contributed by atoms with Gasteiger partial charge in [0.2, 0.25) is 0 Å². The van der Waals surface area contributed by atoms with Gasteiger partial charge < -0.3 is 19.5 Å². The molecule has 2 aromatic carbocycles. The van der Waals surface area contributed by atoms with Crippen LogP contribution in [-0.4, -0.2) is 20.8 Å². The van der Waals surface area contributed by atoms with Gasteiger partial charge in [-0.25, -0.2) is 0 Å². The molecule has 1 N–H and O–H groups in total. The summed E-state index contributed by atoms with van der Waals surface area (Å²) in [6.45, 7) is 2.15. The van der Waals surface area contributed by atoms with E-state index in [9.17, 15) is 0 Å². The van der Waals surface area contributed by atoms with Crippen LogP contribution in [0.3, 0.4) is 0 Å². The number of ether oxygens (including phenoxy) is 1. The quantitative estimate of drug-likeness (QED) is 0.303. The van der Waals surface area contributed by atoms with Crippen molar-refractivity contribution < 1.29 is 4.74 Å². The number of aryl methyl sites for hydroxylation is 1. The summed E-state index contributed by atoms with van der Waals surface area (Å²) in [5.41, 5.74) is 5.47. The average molecular weight is 495 g/mol. The molecule has 2 atom stereocenters. The monoisotopic (exact) mass is 494 g/mol. The molecule has 0 amide bonds. The molecule has 0 radical (unpaired) electrons. The minimum absolute atomic E-state index is 0.0806. The molecule has 1 saturated heterocycles. The Morgan fingerprint density at radius 1 is 0.861 bits per heavy atom. The number of nitrogens with zero attached hydrogens (tertiary/aromatic N) is 3. The number of anilines is 1. The van der Waals surface area contributed by atoms with Crippen molar-refractivity contribution in [3.63, 3.8) is 0 Å². The van der Waals surface area contributed by atoms with Crippen LogP contribution in [0.4, 0.5) is 5.69 Å². The zero-order chi connectivity index (χ0) is 24.5. The molecule has 5 nitrogen and oxygen atoms in total. The van der Waals surface area contributed by atoms with Crippen LogP contribution in [0.5, 0.6) is 5.75 Å². The van der Waals surface area contributed by atoms with Gasteiger partial charge in [0.25, 0.3) is 0 Å². The average Bonchev–Trinajstić information content (AvgIpc) is 3.64. The second kappa shape index (κ2) is 9.78. The summed E-state index contributed by atoms with van der Waals surface area (Å²) in [4.78, 5) is 6.93. The maximum atomic E-state index is 6.22. The molecule has 4 aromatic rings. The van der Waals surface area contributed by atoms with Crippen LogP contribution >= 0.6 is 12.2 Å². The lowest BCUT2D eigenvalue weighted by Crippen LogP contribution is -2.30. The van der Waals surface area contributed by atoms with Gasteiger partial charge in [0.15, 0.2) is 5.11 Å². The summed E-state index contributed by atoms with van der Waals surface area (Å²) >= 11 is 5.94. The first-order valence-electron chi connectivity index (χ1n) is 12.7. The van der Waals surface area contributed by atoms with Gasteiger partial charge in [-0.3, -0.25) is 4.98 Å². The van der Waals surface area contributed by atoms with Gasteiger partial charge in [0.05, 0.1) is 17.8 Å². The maximum Gasteiger partial charge on any atom is 0.174 e. The molecule has 2 aliphatic rings. The minimum atomic E-state index is -0.0927. The molecule has 1 saturated carbocycles. The highest BCUT2D eigenvalue weighted by Crippen LogP contribution is 2.43. The number of thiocarbonyl (C=S) groups is 1. The fourth-order valence-electron chi connectivity index (χ4n) is 5.54. The number of hydrogen-bond acceptors (Lipinski definition) is 3. The SMILES string of the molecule is Cc1ccc([C@H]2[C@H](c3ccccn3)NC(=S)N2c2ccc(OC3CCCC3)cc2)n1-c1ccccc1. The van der Waals surface area contributed by atoms with E-state index >= 15 is 0 Å². The number of hydrogen-bond donors (Lipinski definition) is 1. The summed E-state index contributed by atoms with van der Waals surface area (Å²) in [5, 5.41) is 4.27. The van der Waals surface area contributed by atoms with Crippen molar-refractivity contribution in [2.45, 2.75) is 50.8 Å². The molecule has 6 heteroatoms. The van der Waals surface area contributed by atoms with Crippen molar-refractivity contribution >= 4 is 23.0 Å². The van der Waals surface area contributed by atoms with Gasteiger partial charge in [-0.2, -0.15) is 0 Å². The smallest absolute Gasteiger partial charge is 0.174 e. The number of para-hydroxylation sites is 1. The Bertz CT molecular complexity index is 1330. The van der Waals surface area contributed by atoms with Crippen LogP contribution in [-0.2, 0) is 0 Å². The van der Waals surface area contributed by atoms with E-state index in [1.165, 1.54) is 18.5 Å². The summed E-state index contributed by atoms with van der Waals surface area (Å²) in [7, 11) is 0. The molecule has 0 bridgehead atoms. The van der Waals surface area contributed by atoms with E-state index in [1.54, 1.807) is 0 Å². The molecule has 0 spiro atoms. The molecule has 1 aliphatic heterocycles. The van der Waals surface area contributed by atoms with Crippen molar-refractivity contribution in [2.24, 2.45) is 0 Å². The predicted octanol–water partition coefficient (Wildman–Crippen LogP) is 6.68. The Morgan fingerprint density at radius 2 is 1.61 bits per heavy atom. The Balaban J connectivity index is 1.41. The first kappa shape index (κ1) is 22.8. The fraction of sp³-hybridized carbons (Fsp3) is 0.267. The largest absolute Gasteiger partial charge is 0.490 e. The standard InChI is InChI=1S/C30H30N4OS/c1-21-14-19-27(33(21)22-9-3-2-4-10-22)29-28(26-13-7-8-20-31-26)32-30(36)34(29)23-15-17-25(18-16-23)35-24-11-5-6-12-24/h2-4,7-10,13-20,24,28-29H,5-6,11-12H2,1H3,(H,32,36)/t28-,29-/m0/s1. The Kier molecular flexibility index (Phi) is 6.20. The van der Waals surface area contributed by atoms with E-state index in [1.807, 2.05) is 24.4 Å². The zero-order valence-corrected chi connectivity index (χ0v) is 21.2. The number of nitrogens with one attached hydrogen (secondary N) is 1. The van der Waals surface area contributed by atoms with Crippen LogP contribution in [0, 0.1) is 6.92 Å². The third-order valence-corrected chi connectivity index (χ3v) is 7.56. The lowest BCUT2D eigenvalue weighted by atomic mass is 10.0. The first-order valence-corrected chi connectivity index (χ1v) is 13.1. The van der Waals surface area contributed by atoms with E-state index in [-0.39, 0.29) is 12.1 Å². The summed E-state index contributed by atoms with van der Waals surface area (Å²) < 4.78 is 8.54. The van der Waals surface area contributed by atoms with Crippen molar-refractivity contribution in [2.75, 3.05) is 4.90 Å². The molecule has 2 fully saturated rings. The van der Waals surface area contributed by atoms with Gasteiger partial charge in [-0.15, -0.1) is 0 Å². The van der Waals surface area contributed by atoms with Crippen molar-refractivity contribution in [1.29, 1.82) is 0 Å². The number of rotatable bonds is 6. The van der Waals surface area contributed by atoms with Gasteiger partial charge in [0, 0.05) is 29.0 Å². The highest BCUT2D eigenvalue weighted by Gasteiger charge is 2.42. The van der Waals surface area contributed by atoms with Crippen LogP contribution < -0.4 is 15.0 Å². The third kappa shape index (κ3) is 4.26. The number of pyridine rings is 1. The van der Waals surface area contributed by atoms with Gasteiger partial charge in [0.1, 0.15) is 11.8 Å². The topological polar surface area (TPSA) is 42.3 Å². The molecule has 1 aliphatic carbocycles. The van der Waals surface area contributed by atoms with E-state index < -0.39 is 0 Å². The molecule has 2 aromatic heterocycles. The molecule has 6 rings (SSSR count). The van der Waals surface area contributed by atoms with Crippen molar-refractivity contribution in [3.05, 3.63) is 108 Å². The normalized spacial score (nSPS) is 20.0. The van der Waals surface area contributed by atoms with Crippen LogP contribution in [0.2, 0.25) is 0 Å². The number of benzene rings is 2. The fourth-order valence-corrected chi connectivity index (χ4v) is 5.88. The molecule has 3 heterocycles. The maximum absolute atomic E-state index is 6.22. The Labute approximate surface area is 217 Å². The highest BCUT2D eigenvalue weighted by molar-refractivity contribution is 7.80. The summed E-state index contributed by atoms with van der Waals surface area (Å²) in [6, 6.07) is 29.1. The highest BCUT2D eigenvalue weighted by atomic mass is 32.1. The molecule has 36 heavy (non-hydrogen) atoms. The van der Waals surface area contributed by atoms with E-state index in [0.717, 1.165) is 41.4 Å². The van der Waals surface area contributed by atoms with Gasteiger partial charge in [-0.1, -0.05) is 24.3 Å². The van der Waals surface area contributed by atoms with Gasteiger partial charge >= 0.3 is 0 Å². The van der Waals surface area contributed by atoms with Crippen molar-refractivity contribution in [3.8, 4) is 11.4 Å². The molecule has 182 valence electrons. The predicted molar refractivity (Wildman–Crippen MR) is 148 cm³/mol. The Morgan fingerprint density at radius 3 is 2.33 bits per heavy atom. The van der Waals surface area contributed by atoms with Gasteiger partial charge in [-0.05, 0) is 105 Å². The first-order chi connectivity index (χ1) is 17.7. The summed E-state index contributed by atoms with van der Waals surface area (Å²) in [5.74, 6) is 0.921. The third-order valence-electron chi connectivity index (χ3n) is 7.24. The Hall–Kier alpha value is -3.64. The molecular formula is C30H30N4OS. The lowest BCUT2D eigenvalue weighted by molar-refractivity contribution is 0.210. The summed E-state index contributed by atoms with van der Waals surface area (Å²) in [6.07, 6.45) is 6.98. The number of aromatic nitrogens is 2. The van der Waals surface area contributed by atoms with Crippen LogP contribution in [0.15, 0.2) is 91.1 Å². The minimum Gasteiger partial charge on any atom is -0.490 e. The zero-order valence-electron chi connectivity index (χ0n) is 20.4. The van der Waals surface area contributed by atoms with Crippen LogP contribution in [0.1, 0.15) is 54.8 Å². The lowest BCUT2D eigenvalue weighted by Gasteiger charge is -2.29. The molecule has 0 unspecified atom stereocenters. The van der Waals surface area contributed by atoms with E-state index in [0.29, 0.717) is 11.2 Å². The molecular weight excluding hydrogens is 464 g/mol. The van der Waals surface area contributed by atoms with E-state index in [4.69, 9.17) is 21.9 Å². The second-order valence-electron chi connectivity index (χ2n) is 9.59. The van der Waals surface area contributed by atoms with E-state index in [2.05, 4.69) is 88.4 Å². The van der Waals surface area contributed by atoms with Crippen LogP contribution in [0.25, 0.3) is 5.69 Å². The van der Waals surface area contributed by atoms with Crippen molar-refractivity contribution in [1.82, 2.24) is 14.9 Å². The second-order valence-corrected chi connectivity index (χ2v) is 9.97.